The third-order valence-electron chi connectivity index (χ3n) is 4.96. The summed E-state index contributed by atoms with van der Waals surface area (Å²) in [5.41, 5.74) is 2.62. The molecule has 1 nitrogen and oxygen atoms in total. The van der Waals surface area contributed by atoms with Crippen LogP contribution in [0.15, 0.2) is 66.9 Å². The highest BCUT2D eigenvalue weighted by atomic mass is 14.9. The Morgan fingerprint density at radius 1 is 0.609 bits per heavy atom. The van der Waals surface area contributed by atoms with Gasteiger partial charge in [-0.25, -0.2) is 0 Å². The molecule has 5 rings (SSSR count). The van der Waals surface area contributed by atoms with Gasteiger partial charge in [-0.2, -0.15) is 0 Å². The average molecular weight is 295 g/mol. The van der Waals surface area contributed by atoms with Crippen molar-refractivity contribution < 1.29 is 0 Å². The smallest absolute Gasteiger partial charge is 0.0557 e. The van der Waals surface area contributed by atoms with Gasteiger partial charge in [-0.15, -0.1) is 0 Å². The summed E-state index contributed by atoms with van der Waals surface area (Å²) in [4.78, 5) is 0. The van der Waals surface area contributed by atoms with Crippen LogP contribution in [0.3, 0.4) is 0 Å². The molecule has 0 bridgehead atoms. The van der Waals surface area contributed by atoms with Crippen LogP contribution >= 0.6 is 0 Å². The summed E-state index contributed by atoms with van der Waals surface area (Å²) in [6, 6.07) is 22.5. The third-order valence-corrected chi connectivity index (χ3v) is 4.96. The lowest BCUT2D eigenvalue weighted by Crippen LogP contribution is -1.87. The fourth-order valence-electron chi connectivity index (χ4n) is 3.80. The Bertz CT molecular complexity index is 1220. The Balaban J connectivity index is 2.00. The molecule has 0 unspecified atom stereocenters. The van der Waals surface area contributed by atoms with E-state index in [4.69, 9.17) is 0 Å². The number of aromatic nitrogens is 1. The zero-order valence-electron chi connectivity index (χ0n) is 13.3. The number of aryl methyl sites for hydroxylation is 2. The van der Waals surface area contributed by atoms with E-state index in [9.17, 15) is 0 Å². The number of rotatable bonds is 0. The molecule has 110 valence electrons. The van der Waals surface area contributed by atoms with Crippen LogP contribution in [0.25, 0.3) is 43.2 Å². The van der Waals surface area contributed by atoms with Crippen molar-refractivity contribution in [3.8, 4) is 0 Å². The van der Waals surface area contributed by atoms with Crippen molar-refractivity contribution in [2.75, 3.05) is 0 Å². The largest absolute Gasteiger partial charge is 0.350 e. The van der Waals surface area contributed by atoms with Gasteiger partial charge in [-0.05, 0) is 52.1 Å². The molecule has 0 aliphatic heterocycles. The highest BCUT2D eigenvalue weighted by Crippen LogP contribution is 2.33. The topological polar surface area (TPSA) is 4.93 Å². The van der Waals surface area contributed by atoms with Crippen LogP contribution in [0, 0.1) is 6.92 Å². The predicted octanol–water partition coefficient (Wildman–Crippen LogP) is 5.95. The van der Waals surface area contributed by atoms with Crippen molar-refractivity contribution in [3.63, 3.8) is 0 Å². The minimum atomic E-state index is 1.30. The lowest BCUT2D eigenvalue weighted by atomic mass is 9.96. The third kappa shape index (κ3) is 1.74. The summed E-state index contributed by atoms with van der Waals surface area (Å²) in [6.07, 6.45) is 2.14. The lowest BCUT2D eigenvalue weighted by molar-refractivity contribution is 0.973. The molecule has 23 heavy (non-hydrogen) atoms. The van der Waals surface area contributed by atoms with Gasteiger partial charge in [0.15, 0.2) is 0 Å². The Morgan fingerprint density at radius 3 is 2.30 bits per heavy atom. The van der Waals surface area contributed by atoms with Gasteiger partial charge in [0.2, 0.25) is 0 Å². The fraction of sp³-hybridized carbons (Fsp3) is 0.0909. The maximum atomic E-state index is 2.33. The van der Waals surface area contributed by atoms with Crippen molar-refractivity contribution in [2.45, 2.75) is 6.92 Å². The molecule has 0 saturated heterocycles. The van der Waals surface area contributed by atoms with E-state index < -0.39 is 0 Å². The summed E-state index contributed by atoms with van der Waals surface area (Å²) in [6.45, 7) is 2.15. The van der Waals surface area contributed by atoms with Gasteiger partial charge in [0.25, 0.3) is 0 Å². The van der Waals surface area contributed by atoms with Gasteiger partial charge in [0.05, 0.1) is 5.52 Å². The maximum Gasteiger partial charge on any atom is 0.0557 e. The number of nitrogens with zero attached hydrogens (tertiary/aromatic N) is 1. The van der Waals surface area contributed by atoms with Crippen molar-refractivity contribution in [1.82, 2.24) is 4.57 Å². The fourth-order valence-corrected chi connectivity index (χ4v) is 3.80. The first-order valence-corrected chi connectivity index (χ1v) is 8.02. The molecule has 0 aliphatic rings. The van der Waals surface area contributed by atoms with E-state index in [-0.39, 0.29) is 0 Å². The zero-order chi connectivity index (χ0) is 15.6. The van der Waals surface area contributed by atoms with Crippen LogP contribution in [-0.2, 0) is 7.05 Å². The predicted molar refractivity (Wildman–Crippen MR) is 100 cm³/mol. The highest BCUT2D eigenvalue weighted by molar-refractivity contribution is 6.18. The lowest BCUT2D eigenvalue weighted by Gasteiger charge is -2.09. The zero-order valence-corrected chi connectivity index (χ0v) is 13.3. The normalized spacial score (nSPS) is 11.9. The monoisotopic (exact) mass is 295 g/mol. The second-order valence-electron chi connectivity index (χ2n) is 6.51. The van der Waals surface area contributed by atoms with Crippen LogP contribution in [0.2, 0.25) is 0 Å². The van der Waals surface area contributed by atoms with E-state index in [2.05, 4.69) is 85.4 Å². The summed E-state index contributed by atoms with van der Waals surface area (Å²) in [5.74, 6) is 0. The quantitative estimate of drug-likeness (QED) is 0.246. The number of fused-ring (bicyclic) bond motifs is 6. The molecular formula is C22H17N. The van der Waals surface area contributed by atoms with Crippen LogP contribution in [-0.4, -0.2) is 4.57 Å². The van der Waals surface area contributed by atoms with E-state index in [0.717, 1.165) is 0 Å². The summed E-state index contributed by atoms with van der Waals surface area (Å²) in [5, 5.41) is 9.23. The molecule has 4 aromatic carbocycles. The van der Waals surface area contributed by atoms with Gasteiger partial charge in [0, 0.05) is 24.0 Å². The van der Waals surface area contributed by atoms with Crippen molar-refractivity contribution >= 4 is 43.2 Å². The molecule has 0 radical (unpaired) electrons. The Labute approximate surface area is 134 Å². The van der Waals surface area contributed by atoms with Crippen LogP contribution in [0.1, 0.15) is 5.56 Å². The van der Waals surface area contributed by atoms with Crippen LogP contribution in [0.5, 0.6) is 0 Å². The van der Waals surface area contributed by atoms with Crippen molar-refractivity contribution in [2.24, 2.45) is 7.05 Å². The first-order chi connectivity index (χ1) is 11.2. The Kier molecular flexibility index (Phi) is 2.41. The van der Waals surface area contributed by atoms with Gasteiger partial charge >= 0.3 is 0 Å². The standard InChI is InChI=1S/C22H17N/c1-14-3-4-16-13-21-17(12-18(16)11-14)6-8-20-19(21)7-5-15-9-10-23(2)22(15)20/h3-13H,1-2H3. The molecule has 0 N–H and O–H groups in total. The first kappa shape index (κ1) is 12.7. The second-order valence-corrected chi connectivity index (χ2v) is 6.51. The van der Waals surface area contributed by atoms with Gasteiger partial charge in [-0.1, -0.05) is 48.0 Å². The summed E-state index contributed by atoms with van der Waals surface area (Å²) >= 11 is 0. The molecule has 0 aliphatic carbocycles. The summed E-state index contributed by atoms with van der Waals surface area (Å²) in [7, 11) is 2.12. The molecule has 5 aromatic rings. The van der Waals surface area contributed by atoms with Crippen molar-refractivity contribution in [3.05, 3.63) is 72.4 Å². The molecule has 1 heterocycles. The molecule has 0 atom stereocenters. The molecule has 1 aromatic heterocycles. The minimum absolute atomic E-state index is 1.30. The van der Waals surface area contributed by atoms with E-state index >= 15 is 0 Å². The molecule has 0 spiro atoms. The SMILES string of the molecule is Cc1ccc2cc3c(ccc4c3ccc3ccn(C)c34)cc2c1. The second kappa shape index (κ2) is 4.36. The molecule has 1 heteroatoms. The van der Waals surface area contributed by atoms with Crippen LogP contribution in [0.4, 0.5) is 0 Å². The van der Waals surface area contributed by atoms with Gasteiger partial charge < -0.3 is 4.57 Å². The number of benzene rings is 4. The van der Waals surface area contributed by atoms with E-state index in [1.54, 1.807) is 0 Å². The minimum Gasteiger partial charge on any atom is -0.350 e. The Morgan fingerprint density at radius 2 is 1.39 bits per heavy atom. The summed E-state index contributed by atoms with van der Waals surface area (Å²) < 4.78 is 2.22. The first-order valence-electron chi connectivity index (χ1n) is 8.02. The van der Waals surface area contributed by atoms with Crippen LogP contribution < -0.4 is 0 Å². The molecule has 0 amide bonds. The molecule has 0 fully saturated rings. The Hall–Kier alpha value is -2.80. The molecular weight excluding hydrogens is 278 g/mol. The number of hydrogen-bond donors (Lipinski definition) is 0. The maximum absolute atomic E-state index is 2.33. The van der Waals surface area contributed by atoms with Gasteiger partial charge in [0.1, 0.15) is 0 Å². The van der Waals surface area contributed by atoms with E-state index in [1.165, 1.54) is 48.8 Å². The van der Waals surface area contributed by atoms with E-state index in [1.807, 2.05) is 0 Å². The molecule has 0 saturated carbocycles. The highest BCUT2D eigenvalue weighted by Gasteiger charge is 2.08. The van der Waals surface area contributed by atoms with Crippen molar-refractivity contribution in [1.29, 1.82) is 0 Å². The number of hydrogen-bond acceptors (Lipinski definition) is 0. The van der Waals surface area contributed by atoms with Gasteiger partial charge in [-0.3, -0.25) is 0 Å². The van der Waals surface area contributed by atoms with E-state index in [0.29, 0.717) is 0 Å². The average Bonchev–Trinajstić information content (AvgIpc) is 2.94.